The van der Waals surface area contributed by atoms with Crippen molar-refractivity contribution in [1.29, 1.82) is 0 Å². The SMILES string of the molecule is CSC1CCC(NC2CCOC3(CCCC3)C2)CC1. The molecule has 3 aliphatic rings. The van der Waals surface area contributed by atoms with Crippen molar-refractivity contribution in [2.45, 2.75) is 87.1 Å². The quantitative estimate of drug-likeness (QED) is 0.852. The van der Waals surface area contributed by atoms with Gasteiger partial charge in [0.1, 0.15) is 0 Å². The van der Waals surface area contributed by atoms with Crippen LogP contribution in [0.3, 0.4) is 0 Å². The lowest BCUT2D eigenvalue weighted by atomic mass is 9.87. The molecule has 19 heavy (non-hydrogen) atoms. The molecule has 0 amide bonds. The van der Waals surface area contributed by atoms with E-state index in [0.717, 1.165) is 23.9 Å². The van der Waals surface area contributed by atoms with Gasteiger partial charge in [0, 0.05) is 23.9 Å². The molecule has 1 spiro atoms. The molecule has 2 saturated carbocycles. The van der Waals surface area contributed by atoms with Crippen LogP contribution in [-0.4, -0.2) is 35.8 Å². The highest BCUT2D eigenvalue weighted by molar-refractivity contribution is 7.99. The zero-order valence-electron chi connectivity index (χ0n) is 12.3. The van der Waals surface area contributed by atoms with Crippen LogP contribution in [0.15, 0.2) is 0 Å². The fourth-order valence-corrected chi connectivity index (χ4v) is 5.08. The zero-order chi connectivity index (χ0) is 13.1. The molecule has 3 fully saturated rings. The summed E-state index contributed by atoms with van der Waals surface area (Å²) in [4.78, 5) is 0. The Bertz CT molecular complexity index is 282. The van der Waals surface area contributed by atoms with Gasteiger partial charge in [-0.05, 0) is 57.6 Å². The second-order valence-corrected chi connectivity index (χ2v) is 7.94. The first-order valence-corrected chi connectivity index (χ1v) is 9.51. The van der Waals surface area contributed by atoms with E-state index in [1.165, 1.54) is 64.2 Å². The maximum Gasteiger partial charge on any atom is 0.0697 e. The van der Waals surface area contributed by atoms with Crippen molar-refractivity contribution < 1.29 is 4.74 Å². The zero-order valence-corrected chi connectivity index (χ0v) is 13.1. The van der Waals surface area contributed by atoms with Gasteiger partial charge < -0.3 is 10.1 Å². The summed E-state index contributed by atoms with van der Waals surface area (Å²) in [5.74, 6) is 0. The number of nitrogens with one attached hydrogen (secondary N) is 1. The summed E-state index contributed by atoms with van der Waals surface area (Å²) < 4.78 is 6.14. The molecule has 0 aromatic carbocycles. The first kappa shape index (κ1) is 14.2. The minimum absolute atomic E-state index is 0.270. The number of hydrogen-bond donors (Lipinski definition) is 1. The largest absolute Gasteiger partial charge is 0.375 e. The number of rotatable bonds is 3. The summed E-state index contributed by atoms with van der Waals surface area (Å²) in [7, 11) is 0. The van der Waals surface area contributed by atoms with E-state index in [2.05, 4.69) is 23.3 Å². The highest BCUT2D eigenvalue weighted by atomic mass is 32.2. The van der Waals surface area contributed by atoms with Gasteiger partial charge in [0.25, 0.3) is 0 Å². The average molecular weight is 283 g/mol. The minimum atomic E-state index is 0.270. The van der Waals surface area contributed by atoms with Crippen LogP contribution in [0.5, 0.6) is 0 Å². The Morgan fingerprint density at radius 3 is 2.42 bits per heavy atom. The van der Waals surface area contributed by atoms with E-state index in [0.29, 0.717) is 0 Å². The highest BCUT2D eigenvalue weighted by Crippen LogP contribution is 2.40. The first-order valence-electron chi connectivity index (χ1n) is 8.22. The lowest BCUT2D eigenvalue weighted by Crippen LogP contribution is -2.49. The Kier molecular flexibility index (Phi) is 4.76. The molecular weight excluding hydrogens is 254 g/mol. The van der Waals surface area contributed by atoms with E-state index in [-0.39, 0.29) is 5.60 Å². The Morgan fingerprint density at radius 2 is 1.74 bits per heavy atom. The Balaban J connectivity index is 1.47. The van der Waals surface area contributed by atoms with Gasteiger partial charge in [0.15, 0.2) is 0 Å². The second kappa shape index (κ2) is 6.36. The molecule has 1 saturated heterocycles. The molecule has 1 heterocycles. The smallest absolute Gasteiger partial charge is 0.0697 e. The first-order chi connectivity index (χ1) is 9.30. The van der Waals surface area contributed by atoms with Crippen LogP contribution < -0.4 is 5.32 Å². The van der Waals surface area contributed by atoms with E-state index in [9.17, 15) is 0 Å². The third kappa shape index (κ3) is 3.48. The van der Waals surface area contributed by atoms with Gasteiger partial charge in [-0.15, -0.1) is 0 Å². The van der Waals surface area contributed by atoms with Gasteiger partial charge in [0.05, 0.1) is 5.60 Å². The summed E-state index contributed by atoms with van der Waals surface area (Å²) in [6.45, 7) is 0.984. The molecule has 1 aliphatic heterocycles. The normalized spacial score (nSPS) is 38.7. The molecule has 0 radical (unpaired) electrons. The molecule has 110 valence electrons. The summed E-state index contributed by atoms with van der Waals surface area (Å²) in [6.07, 6.45) is 15.7. The van der Waals surface area contributed by atoms with Crippen molar-refractivity contribution in [2.24, 2.45) is 0 Å². The van der Waals surface area contributed by atoms with Crippen LogP contribution in [-0.2, 0) is 4.74 Å². The molecule has 3 rings (SSSR count). The number of ether oxygens (including phenoxy) is 1. The van der Waals surface area contributed by atoms with E-state index in [1.807, 2.05) is 0 Å². The van der Waals surface area contributed by atoms with Crippen LogP contribution in [0.4, 0.5) is 0 Å². The van der Waals surface area contributed by atoms with E-state index < -0.39 is 0 Å². The number of thioether (sulfide) groups is 1. The van der Waals surface area contributed by atoms with Crippen LogP contribution in [0.25, 0.3) is 0 Å². The van der Waals surface area contributed by atoms with Gasteiger partial charge in [-0.2, -0.15) is 11.8 Å². The molecule has 0 aromatic rings. The van der Waals surface area contributed by atoms with Crippen LogP contribution in [0.2, 0.25) is 0 Å². The van der Waals surface area contributed by atoms with E-state index in [4.69, 9.17) is 4.74 Å². The third-order valence-electron chi connectivity index (χ3n) is 5.49. The topological polar surface area (TPSA) is 21.3 Å². The molecule has 2 aliphatic carbocycles. The van der Waals surface area contributed by atoms with Crippen molar-refractivity contribution in [2.75, 3.05) is 12.9 Å². The fraction of sp³-hybridized carbons (Fsp3) is 1.00. The predicted octanol–water partition coefficient (Wildman–Crippen LogP) is 3.74. The summed E-state index contributed by atoms with van der Waals surface area (Å²) in [6, 6.07) is 1.51. The fourth-order valence-electron chi connectivity index (χ4n) is 4.34. The summed E-state index contributed by atoms with van der Waals surface area (Å²) in [5.41, 5.74) is 0.270. The van der Waals surface area contributed by atoms with Gasteiger partial charge in [0.2, 0.25) is 0 Å². The molecule has 1 N–H and O–H groups in total. The van der Waals surface area contributed by atoms with Gasteiger partial charge in [-0.3, -0.25) is 0 Å². The molecule has 3 heteroatoms. The van der Waals surface area contributed by atoms with E-state index in [1.54, 1.807) is 0 Å². The standard InChI is InChI=1S/C16H29NOS/c1-19-15-6-4-13(5-7-15)17-14-8-11-18-16(12-14)9-2-3-10-16/h13-15,17H,2-12H2,1H3. The van der Waals surface area contributed by atoms with Crippen LogP contribution >= 0.6 is 11.8 Å². The summed E-state index contributed by atoms with van der Waals surface area (Å²) in [5, 5.41) is 4.89. The highest BCUT2D eigenvalue weighted by Gasteiger charge is 2.40. The van der Waals surface area contributed by atoms with Crippen LogP contribution in [0.1, 0.15) is 64.2 Å². The second-order valence-electron chi connectivity index (χ2n) is 6.80. The minimum Gasteiger partial charge on any atom is -0.375 e. The molecule has 2 nitrogen and oxygen atoms in total. The van der Waals surface area contributed by atoms with Crippen LogP contribution in [0, 0.1) is 0 Å². The van der Waals surface area contributed by atoms with Gasteiger partial charge in [-0.25, -0.2) is 0 Å². The van der Waals surface area contributed by atoms with E-state index >= 15 is 0 Å². The molecule has 1 atom stereocenters. The molecular formula is C16H29NOS. The third-order valence-corrected chi connectivity index (χ3v) is 6.62. The lowest BCUT2D eigenvalue weighted by molar-refractivity contribution is -0.0850. The Hall–Kier alpha value is 0.270. The maximum atomic E-state index is 6.14. The lowest BCUT2D eigenvalue weighted by Gasteiger charge is -2.41. The molecule has 0 aromatic heterocycles. The summed E-state index contributed by atoms with van der Waals surface area (Å²) >= 11 is 2.06. The maximum absolute atomic E-state index is 6.14. The van der Waals surface area contributed by atoms with Crippen molar-refractivity contribution in [3.8, 4) is 0 Å². The Labute approximate surface area is 122 Å². The predicted molar refractivity (Wildman–Crippen MR) is 82.9 cm³/mol. The van der Waals surface area contributed by atoms with Gasteiger partial charge in [-0.1, -0.05) is 12.8 Å². The van der Waals surface area contributed by atoms with Crippen molar-refractivity contribution in [3.63, 3.8) is 0 Å². The van der Waals surface area contributed by atoms with Crippen molar-refractivity contribution >= 4 is 11.8 Å². The number of hydrogen-bond acceptors (Lipinski definition) is 3. The average Bonchev–Trinajstić information content (AvgIpc) is 2.88. The van der Waals surface area contributed by atoms with Crippen molar-refractivity contribution in [3.05, 3.63) is 0 Å². The molecule has 0 bridgehead atoms. The van der Waals surface area contributed by atoms with Crippen molar-refractivity contribution in [1.82, 2.24) is 5.32 Å². The monoisotopic (exact) mass is 283 g/mol. The molecule has 1 unspecified atom stereocenters. The van der Waals surface area contributed by atoms with Gasteiger partial charge >= 0.3 is 0 Å². The Morgan fingerprint density at radius 1 is 1.00 bits per heavy atom.